The molecule has 5 rings (SSSR count). The van der Waals surface area contributed by atoms with Gasteiger partial charge < -0.3 is 14.8 Å². The number of hydrogen-bond donors (Lipinski definition) is 1. The zero-order valence-electron chi connectivity index (χ0n) is 23.8. The second-order valence-corrected chi connectivity index (χ2v) is 12.6. The van der Waals surface area contributed by atoms with Crippen molar-refractivity contribution in [3.63, 3.8) is 0 Å². The minimum Gasteiger partial charge on any atom is -0.444 e. The van der Waals surface area contributed by atoms with Crippen LogP contribution in [-0.2, 0) is 20.7 Å². The third kappa shape index (κ3) is 6.34. The van der Waals surface area contributed by atoms with Crippen LogP contribution in [0.2, 0.25) is 0 Å². The van der Waals surface area contributed by atoms with Crippen LogP contribution < -0.4 is 5.32 Å². The van der Waals surface area contributed by atoms with Gasteiger partial charge in [0.1, 0.15) is 23.5 Å². The lowest BCUT2D eigenvalue weighted by molar-refractivity contribution is -0.128. The number of nitrogens with zero attached hydrogens (tertiary/aromatic N) is 3. The minimum atomic E-state index is -0.780. The van der Waals surface area contributed by atoms with E-state index in [0.29, 0.717) is 18.0 Å². The molecular formula is C31H41FN4O4. The van der Waals surface area contributed by atoms with Gasteiger partial charge in [0.25, 0.3) is 0 Å². The number of hydrogen-bond acceptors (Lipinski definition) is 6. The molecule has 40 heavy (non-hydrogen) atoms. The Morgan fingerprint density at radius 1 is 1.25 bits per heavy atom. The Bertz CT molecular complexity index is 1180. The lowest BCUT2D eigenvalue weighted by Crippen LogP contribution is -2.55. The van der Waals surface area contributed by atoms with E-state index in [1.807, 2.05) is 6.07 Å². The highest BCUT2D eigenvalue weighted by Gasteiger charge is 2.52. The zero-order valence-corrected chi connectivity index (χ0v) is 23.8. The van der Waals surface area contributed by atoms with Gasteiger partial charge in [0, 0.05) is 31.8 Å². The number of nitriles is 1. The first kappa shape index (κ1) is 28.6. The molecule has 3 fully saturated rings. The number of piperidine rings is 1. The molecule has 1 N–H and O–H groups in total. The SMILES string of the molecule is CC(C)(C)OC(=O)N1C2CCC(C2)C1C(=O)NC(C#N)CCc1ccc(C2=CCN(C3CCOC3)CC2)cc1F. The highest BCUT2D eigenvalue weighted by molar-refractivity contribution is 5.87. The molecule has 5 atom stereocenters. The highest BCUT2D eigenvalue weighted by Crippen LogP contribution is 2.43. The maximum absolute atomic E-state index is 15.1. The minimum absolute atomic E-state index is 0.0113. The molecule has 1 aromatic carbocycles. The van der Waals surface area contributed by atoms with Crippen molar-refractivity contribution in [2.75, 3.05) is 26.3 Å². The van der Waals surface area contributed by atoms with Crippen LogP contribution >= 0.6 is 0 Å². The molecule has 0 radical (unpaired) electrons. The molecule has 9 heteroatoms. The van der Waals surface area contributed by atoms with Crippen LogP contribution in [0, 0.1) is 23.1 Å². The lowest BCUT2D eigenvalue weighted by atomic mass is 9.95. The van der Waals surface area contributed by atoms with Gasteiger partial charge in [-0.3, -0.25) is 14.6 Å². The first-order valence-electron chi connectivity index (χ1n) is 14.6. The van der Waals surface area contributed by atoms with Gasteiger partial charge in [-0.15, -0.1) is 0 Å². The Kier molecular flexibility index (Phi) is 8.48. The fourth-order valence-electron chi connectivity index (χ4n) is 6.67. The van der Waals surface area contributed by atoms with Crippen molar-refractivity contribution in [2.45, 2.75) is 95.5 Å². The number of carbonyl (C=O) groups excluding carboxylic acids is 2. The van der Waals surface area contributed by atoms with Gasteiger partial charge in [-0.05, 0) is 94.4 Å². The molecule has 0 spiro atoms. The Hall–Kier alpha value is -2.96. The van der Waals surface area contributed by atoms with Gasteiger partial charge in [-0.25, -0.2) is 9.18 Å². The van der Waals surface area contributed by atoms with Gasteiger partial charge in [0.2, 0.25) is 5.91 Å². The van der Waals surface area contributed by atoms with E-state index in [1.54, 1.807) is 37.8 Å². The molecule has 216 valence electrons. The van der Waals surface area contributed by atoms with Crippen molar-refractivity contribution in [3.8, 4) is 6.07 Å². The number of ether oxygens (including phenoxy) is 2. The number of amides is 2. The smallest absolute Gasteiger partial charge is 0.411 e. The van der Waals surface area contributed by atoms with E-state index >= 15 is 4.39 Å². The Morgan fingerprint density at radius 3 is 2.73 bits per heavy atom. The molecule has 4 aliphatic rings. The largest absolute Gasteiger partial charge is 0.444 e. The summed E-state index contributed by atoms with van der Waals surface area (Å²) in [6, 6.07) is 6.53. The summed E-state index contributed by atoms with van der Waals surface area (Å²) in [5.74, 6) is -0.561. The van der Waals surface area contributed by atoms with Crippen molar-refractivity contribution in [1.82, 2.24) is 15.1 Å². The normalized spacial score (nSPS) is 27.3. The second kappa shape index (κ2) is 11.9. The first-order valence-corrected chi connectivity index (χ1v) is 14.6. The van der Waals surface area contributed by atoms with E-state index in [1.165, 1.54) is 0 Å². The fraction of sp³-hybridized carbons (Fsp3) is 0.645. The van der Waals surface area contributed by atoms with Gasteiger partial charge >= 0.3 is 6.09 Å². The van der Waals surface area contributed by atoms with Crippen LogP contribution in [0.4, 0.5) is 9.18 Å². The van der Waals surface area contributed by atoms with Gasteiger partial charge in [0.05, 0.1) is 12.7 Å². The summed E-state index contributed by atoms with van der Waals surface area (Å²) >= 11 is 0. The van der Waals surface area contributed by atoms with Crippen LogP contribution in [0.3, 0.4) is 0 Å². The monoisotopic (exact) mass is 552 g/mol. The molecule has 2 bridgehead atoms. The number of rotatable bonds is 7. The molecule has 5 unspecified atom stereocenters. The maximum Gasteiger partial charge on any atom is 0.411 e. The Balaban J connectivity index is 1.17. The fourth-order valence-corrected chi connectivity index (χ4v) is 6.67. The van der Waals surface area contributed by atoms with E-state index in [0.717, 1.165) is 69.5 Å². The number of aryl methyl sites for hydroxylation is 1. The first-order chi connectivity index (χ1) is 19.1. The standard InChI is InChI=1S/C31H41FN4O4/c1-31(2,3)40-30(38)36-25-9-7-23(16-25)28(36)29(37)34-24(18-33)8-6-21-4-5-22(17-27(21)32)20-10-13-35(14-11-20)26-12-15-39-19-26/h4-5,10,17,23-26,28H,6-9,11-16,19H2,1-3H3,(H,34,37). The quantitative estimate of drug-likeness (QED) is 0.538. The predicted octanol–water partition coefficient (Wildman–Crippen LogP) is 4.43. The highest BCUT2D eigenvalue weighted by atomic mass is 19.1. The number of fused-ring (bicyclic) bond motifs is 2. The summed E-state index contributed by atoms with van der Waals surface area (Å²) in [7, 11) is 0. The summed E-state index contributed by atoms with van der Waals surface area (Å²) in [5, 5.41) is 12.6. The molecule has 2 saturated heterocycles. The summed E-state index contributed by atoms with van der Waals surface area (Å²) in [4.78, 5) is 30.2. The van der Waals surface area contributed by atoms with Crippen molar-refractivity contribution in [1.29, 1.82) is 5.26 Å². The van der Waals surface area contributed by atoms with E-state index in [9.17, 15) is 14.9 Å². The predicted molar refractivity (Wildman–Crippen MR) is 149 cm³/mol. The summed E-state index contributed by atoms with van der Waals surface area (Å²) in [5.41, 5.74) is 1.91. The molecule has 3 heterocycles. The van der Waals surface area contributed by atoms with Crippen molar-refractivity contribution in [2.24, 2.45) is 5.92 Å². The number of carbonyl (C=O) groups is 2. The number of nitrogens with one attached hydrogen (secondary N) is 1. The average molecular weight is 553 g/mol. The zero-order chi connectivity index (χ0) is 28.4. The van der Waals surface area contributed by atoms with Crippen LogP contribution in [0.5, 0.6) is 0 Å². The number of likely N-dealkylation sites (tertiary alicyclic amines) is 1. The molecule has 1 aliphatic carbocycles. The van der Waals surface area contributed by atoms with E-state index in [2.05, 4.69) is 22.4 Å². The summed E-state index contributed by atoms with van der Waals surface area (Å²) in [6.45, 7) is 8.83. The van der Waals surface area contributed by atoms with Crippen LogP contribution in [-0.4, -0.2) is 77.9 Å². The summed E-state index contributed by atoms with van der Waals surface area (Å²) < 4.78 is 26.2. The molecule has 2 amide bonds. The van der Waals surface area contributed by atoms with E-state index < -0.39 is 23.8 Å². The maximum atomic E-state index is 15.1. The van der Waals surface area contributed by atoms with E-state index in [4.69, 9.17) is 9.47 Å². The van der Waals surface area contributed by atoms with Crippen LogP contribution in [0.15, 0.2) is 24.3 Å². The molecule has 1 saturated carbocycles. The number of halogens is 1. The summed E-state index contributed by atoms with van der Waals surface area (Å²) in [6.07, 6.45) is 6.77. The van der Waals surface area contributed by atoms with E-state index in [-0.39, 0.29) is 30.1 Å². The second-order valence-electron chi connectivity index (χ2n) is 12.6. The van der Waals surface area contributed by atoms with Gasteiger partial charge in [0.15, 0.2) is 0 Å². The van der Waals surface area contributed by atoms with Crippen molar-refractivity contribution in [3.05, 3.63) is 41.2 Å². The Labute approximate surface area is 236 Å². The molecule has 1 aromatic rings. The number of benzene rings is 1. The lowest BCUT2D eigenvalue weighted by Gasteiger charge is -2.35. The van der Waals surface area contributed by atoms with Gasteiger partial charge in [-0.2, -0.15) is 5.26 Å². The average Bonchev–Trinajstić information content (AvgIpc) is 3.69. The molecule has 3 aliphatic heterocycles. The van der Waals surface area contributed by atoms with Crippen LogP contribution in [0.1, 0.15) is 70.4 Å². The van der Waals surface area contributed by atoms with Crippen LogP contribution in [0.25, 0.3) is 5.57 Å². The third-order valence-corrected chi connectivity index (χ3v) is 8.72. The van der Waals surface area contributed by atoms with Crippen molar-refractivity contribution < 1.29 is 23.5 Å². The van der Waals surface area contributed by atoms with Crippen molar-refractivity contribution >= 4 is 17.6 Å². The van der Waals surface area contributed by atoms with Gasteiger partial charge in [-0.1, -0.05) is 18.2 Å². The molecule has 8 nitrogen and oxygen atoms in total. The molecular weight excluding hydrogens is 511 g/mol. The third-order valence-electron chi connectivity index (χ3n) is 8.72. The topological polar surface area (TPSA) is 94.9 Å². The molecule has 0 aromatic heterocycles. The Morgan fingerprint density at radius 2 is 2.08 bits per heavy atom.